The third kappa shape index (κ3) is 4.02. The molecule has 0 amide bonds. The van der Waals surface area contributed by atoms with Gasteiger partial charge in [0.25, 0.3) is 20.0 Å². The topological polar surface area (TPSA) is 92.3 Å². The van der Waals surface area contributed by atoms with E-state index in [0.29, 0.717) is 11.1 Å². The fraction of sp³-hybridized carbons (Fsp3) is 0.250. The molecule has 0 radical (unpaired) electrons. The van der Waals surface area contributed by atoms with E-state index in [1.54, 1.807) is 45.0 Å². The minimum atomic E-state index is -4.02. The van der Waals surface area contributed by atoms with Crippen molar-refractivity contribution in [3.63, 3.8) is 0 Å². The summed E-state index contributed by atoms with van der Waals surface area (Å²) < 4.78 is 49.5. The van der Waals surface area contributed by atoms with E-state index in [4.69, 9.17) is 0 Å². The Kier molecular flexibility index (Phi) is 5.14. The molecule has 0 atom stereocenters. The minimum absolute atomic E-state index is 0.0248. The highest BCUT2D eigenvalue weighted by Gasteiger charge is 2.22. The molecule has 0 aliphatic rings. The van der Waals surface area contributed by atoms with Crippen LogP contribution < -0.4 is 9.66 Å². The van der Waals surface area contributed by atoms with Gasteiger partial charge < -0.3 is 0 Å². The van der Waals surface area contributed by atoms with Gasteiger partial charge >= 0.3 is 0 Å². The van der Waals surface area contributed by atoms with E-state index in [1.165, 1.54) is 12.1 Å². The fourth-order valence-electron chi connectivity index (χ4n) is 2.32. The Morgan fingerprint density at radius 1 is 0.625 bits per heavy atom. The van der Waals surface area contributed by atoms with Crippen molar-refractivity contribution in [2.75, 3.05) is 0 Å². The third-order valence-electron chi connectivity index (χ3n) is 3.56. The van der Waals surface area contributed by atoms with Gasteiger partial charge in [0.2, 0.25) is 0 Å². The molecule has 0 saturated heterocycles. The van der Waals surface area contributed by atoms with E-state index < -0.39 is 20.0 Å². The number of benzene rings is 2. The highest BCUT2D eigenvalue weighted by atomic mass is 32.2. The first-order valence-electron chi connectivity index (χ1n) is 7.21. The van der Waals surface area contributed by atoms with E-state index >= 15 is 0 Å². The first-order chi connectivity index (χ1) is 11.0. The second-order valence-electron chi connectivity index (χ2n) is 5.75. The number of aryl methyl sites for hydroxylation is 4. The molecule has 130 valence electrons. The quantitative estimate of drug-likeness (QED) is 0.791. The summed E-state index contributed by atoms with van der Waals surface area (Å²) in [6, 6.07) is 9.76. The number of rotatable bonds is 5. The summed E-state index contributed by atoms with van der Waals surface area (Å²) in [7, 11) is -8.03. The van der Waals surface area contributed by atoms with Crippen LogP contribution in [-0.2, 0) is 20.0 Å². The number of nitrogens with one attached hydrogen (secondary N) is 2. The van der Waals surface area contributed by atoms with Gasteiger partial charge in [-0.05, 0) is 56.5 Å². The summed E-state index contributed by atoms with van der Waals surface area (Å²) in [5.41, 5.74) is 2.74. The van der Waals surface area contributed by atoms with Crippen molar-refractivity contribution >= 4 is 20.0 Å². The van der Waals surface area contributed by atoms with Crippen molar-refractivity contribution in [2.45, 2.75) is 37.5 Å². The molecule has 8 heteroatoms. The van der Waals surface area contributed by atoms with Gasteiger partial charge in [0.15, 0.2) is 0 Å². The maximum Gasteiger partial charge on any atom is 0.254 e. The van der Waals surface area contributed by atoms with Crippen LogP contribution in [0.2, 0.25) is 0 Å². The zero-order valence-electron chi connectivity index (χ0n) is 13.9. The van der Waals surface area contributed by atoms with Crippen LogP contribution in [0.3, 0.4) is 0 Å². The monoisotopic (exact) mass is 368 g/mol. The summed E-state index contributed by atoms with van der Waals surface area (Å²) in [6.45, 7) is 6.91. The largest absolute Gasteiger partial charge is 0.254 e. The van der Waals surface area contributed by atoms with Crippen LogP contribution in [0.5, 0.6) is 0 Å². The Balaban J connectivity index is 2.30. The van der Waals surface area contributed by atoms with E-state index in [2.05, 4.69) is 0 Å². The lowest BCUT2D eigenvalue weighted by Gasteiger charge is -2.13. The summed E-state index contributed by atoms with van der Waals surface area (Å²) in [6.07, 6.45) is 0. The smallest absolute Gasteiger partial charge is 0.206 e. The van der Waals surface area contributed by atoms with E-state index in [0.717, 1.165) is 11.1 Å². The number of hydrazine groups is 1. The zero-order chi connectivity index (χ0) is 18.1. The minimum Gasteiger partial charge on any atom is -0.206 e. The molecule has 0 saturated carbocycles. The van der Waals surface area contributed by atoms with E-state index in [9.17, 15) is 16.8 Å². The summed E-state index contributed by atoms with van der Waals surface area (Å²) in [5, 5.41) is 0. The summed E-state index contributed by atoms with van der Waals surface area (Å²) >= 11 is 0. The van der Waals surface area contributed by atoms with Crippen molar-refractivity contribution in [1.82, 2.24) is 9.66 Å². The van der Waals surface area contributed by atoms with Crippen molar-refractivity contribution in [1.29, 1.82) is 0 Å². The van der Waals surface area contributed by atoms with Crippen molar-refractivity contribution in [3.05, 3.63) is 58.7 Å². The molecule has 0 unspecified atom stereocenters. The molecule has 2 rings (SSSR count). The molecule has 0 spiro atoms. The molecule has 0 fully saturated rings. The average molecular weight is 368 g/mol. The number of sulfonamides is 2. The summed E-state index contributed by atoms with van der Waals surface area (Å²) in [4.78, 5) is 3.97. The molecule has 0 aliphatic carbocycles. The molecule has 2 N–H and O–H groups in total. The van der Waals surface area contributed by atoms with Gasteiger partial charge in [-0.25, -0.2) is 16.8 Å². The highest BCUT2D eigenvalue weighted by Crippen LogP contribution is 2.18. The van der Waals surface area contributed by atoms with Crippen LogP contribution in [0.4, 0.5) is 0 Å². The second-order valence-corrected chi connectivity index (χ2v) is 9.05. The lowest BCUT2D eigenvalue weighted by molar-refractivity contribution is 0.557. The fourth-order valence-corrected chi connectivity index (χ4v) is 4.98. The molecule has 0 heterocycles. The van der Waals surface area contributed by atoms with Gasteiger partial charge in [-0.15, -0.1) is 9.66 Å². The SMILES string of the molecule is Cc1ccc(S(=O)(=O)NNS(=O)(=O)c2cc(C)ccc2C)c(C)c1. The molecule has 0 aliphatic heterocycles. The van der Waals surface area contributed by atoms with Gasteiger partial charge in [-0.2, -0.15) is 0 Å². The predicted octanol–water partition coefficient (Wildman–Crippen LogP) is 2.09. The number of hydrogen-bond donors (Lipinski definition) is 2. The lowest BCUT2D eigenvalue weighted by atomic mass is 10.2. The molecule has 0 bridgehead atoms. The van der Waals surface area contributed by atoms with Crippen LogP contribution in [0.15, 0.2) is 46.2 Å². The molecule has 6 nitrogen and oxygen atoms in total. The highest BCUT2D eigenvalue weighted by molar-refractivity contribution is 7.92. The first kappa shape index (κ1) is 18.6. The van der Waals surface area contributed by atoms with Crippen LogP contribution in [-0.4, -0.2) is 16.8 Å². The van der Waals surface area contributed by atoms with Gasteiger partial charge in [0, 0.05) is 0 Å². The van der Waals surface area contributed by atoms with Crippen molar-refractivity contribution in [3.8, 4) is 0 Å². The van der Waals surface area contributed by atoms with Crippen LogP contribution in [0.25, 0.3) is 0 Å². The Labute approximate surface area is 143 Å². The van der Waals surface area contributed by atoms with Gasteiger partial charge in [-0.3, -0.25) is 0 Å². The Hall–Kier alpha value is -1.74. The van der Waals surface area contributed by atoms with E-state index in [1.807, 2.05) is 16.6 Å². The zero-order valence-corrected chi connectivity index (χ0v) is 15.5. The predicted molar refractivity (Wildman–Crippen MR) is 92.5 cm³/mol. The molecular weight excluding hydrogens is 348 g/mol. The second kappa shape index (κ2) is 6.64. The molecule has 2 aromatic carbocycles. The molecular formula is C16H20N2O4S2. The Bertz CT molecular complexity index is 981. The lowest BCUT2D eigenvalue weighted by Crippen LogP contribution is -2.41. The summed E-state index contributed by atoms with van der Waals surface area (Å²) in [5.74, 6) is 0. The maximum absolute atomic E-state index is 12.4. The van der Waals surface area contributed by atoms with E-state index in [-0.39, 0.29) is 9.79 Å². The maximum atomic E-state index is 12.4. The Morgan fingerprint density at radius 3 is 1.71 bits per heavy atom. The van der Waals surface area contributed by atoms with Crippen LogP contribution >= 0.6 is 0 Å². The van der Waals surface area contributed by atoms with Crippen LogP contribution in [0.1, 0.15) is 22.3 Å². The number of hydrogen-bond acceptors (Lipinski definition) is 4. The van der Waals surface area contributed by atoms with Crippen molar-refractivity contribution in [2.24, 2.45) is 0 Å². The van der Waals surface area contributed by atoms with Crippen molar-refractivity contribution < 1.29 is 16.8 Å². The van der Waals surface area contributed by atoms with Gasteiger partial charge in [-0.1, -0.05) is 29.8 Å². The standard InChI is InChI=1S/C16H20N2O4S2/c1-11-6-8-15(14(4)9-11)23(19,20)17-18-24(21,22)16-10-12(2)5-7-13(16)3/h5-10,17-18H,1-4H3. The third-order valence-corrected chi connectivity index (χ3v) is 6.49. The Morgan fingerprint density at radius 2 is 1.12 bits per heavy atom. The average Bonchev–Trinajstić information content (AvgIpc) is 2.47. The first-order valence-corrected chi connectivity index (χ1v) is 10.2. The molecule has 2 aromatic rings. The van der Waals surface area contributed by atoms with Crippen LogP contribution in [0, 0.1) is 27.7 Å². The normalized spacial score (nSPS) is 12.3. The molecule has 0 aromatic heterocycles. The van der Waals surface area contributed by atoms with Gasteiger partial charge in [0.1, 0.15) is 0 Å². The molecule has 24 heavy (non-hydrogen) atoms. The van der Waals surface area contributed by atoms with Gasteiger partial charge in [0.05, 0.1) is 9.79 Å².